The van der Waals surface area contributed by atoms with Gasteiger partial charge in [-0.05, 0) is 49.8 Å². The first kappa shape index (κ1) is 14.4. The molecular formula is C16H20N2O2. The van der Waals surface area contributed by atoms with E-state index >= 15 is 0 Å². The van der Waals surface area contributed by atoms with Crippen molar-refractivity contribution in [1.82, 2.24) is 5.32 Å². The molecule has 4 heteroatoms. The minimum atomic E-state index is -0.647. The molecule has 0 bridgehead atoms. The molecule has 0 saturated heterocycles. The Morgan fingerprint density at radius 2 is 2.15 bits per heavy atom. The van der Waals surface area contributed by atoms with E-state index in [2.05, 4.69) is 11.4 Å². The van der Waals surface area contributed by atoms with Gasteiger partial charge in [0.15, 0.2) is 0 Å². The predicted molar refractivity (Wildman–Crippen MR) is 76.4 cm³/mol. The van der Waals surface area contributed by atoms with E-state index in [1.54, 1.807) is 7.11 Å². The number of aryl methyl sites for hydroxylation is 1. The molecule has 2 rings (SSSR count). The van der Waals surface area contributed by atoms with E-state index in [9.17, 15) is 10.1 Å². The molecule has 4 nitrogen and oxygen atoms in total. The third kappa shape index (κ3) is 3.11. The monoisotopic (exact) mass is 272 g/mol. The molecule has 1 amide bonds. The standard InChI is InChI=1S/C16H20N2O2/c1-12-5-6-13(9-14(12)20-2)10-15(19)18-16(11-17)7-3-4-8-16/h5-6,9H,3-4,7-8,10H2,1-2H3,(H,18,19). The summed E-state index contributed by atoms with van der Waals surface area (Å²) in [6.07, 6.45) is 3.80. The average Bonchev–Trinajstić information content (AvgIpc) is 2.90. The number of amides is 1. The second-order valence-corrected chi connectivity index (χ2v) is 5.43. The normalized spacial score (nSPS) is 16.4. The Kier molecular flexibility index (Phi) is 4.29. The summed E-state index contributed by atoms with van der Waals surface area (Å²) in [5.41, 5.74) is 1.29. The summed E-state index contributed by atoms with van der Waals surface area (Å²) in [5, 5.41) is 12.2. The van der Waals surface area contributed by atoms with Crippen molar-refractivity contribution in [3.63, 3.8) is 0 Å². The molecule has 106 valence electrons. The zero-order chi connectivity index (χ0) is 14.6. The fourth-order valence-corrected chi connectivity index (χ4v) is 2.71. The summed E-state index contributed by atoms with van der Waals surface area (Å²) < 4.78 is 5.26. The maximum Gasteiger partial charge on any atom is 0.225 e. The molecule has 0 heterocycles. The van der Waals surface area contributed by atoms with Gasteiger partial charge in [0.1, 0.15) is 11.3 Å². The van der Waals surface area contributed by atoms with Crippen LogP contribution in [-0.4, -0.2) is 18.6 Å². The van der Waals surface area contributed by atoms with Crippen LogP contribution in [0.3, 0.4) is 0 Å². The zero-order valence-corrected chi connectivity index (χ0v) is 12.0. The molecule has 0 aliphatic heterocycles. The first-order valence-corrected chi connectivity index (χ1v) is 6.94. The molecule has 1 N–H and O–H groups in total. The van der Waals surface area contributed by atoms with Crippen LogP contribution in [0.25, 0.3) is 0 Å². The number of methoxy groups -OCH3 is 1. The van der Waals surface area contributed by atoms with Crippen molar-refractivity contribution in [2.24, 2.45) is 0 Å². The van der Waals surface area contributed by atoms with Gasteiger partial charge >= 0.3 is 0 Å². The minimum Gasteiger partial charge on any atom is -0.496 e. The molecule has 0 aromatic heterocycles. The Balaban J connectivity index is 2.03. The SMILES string of the molecule is COc1cc(CC(=O)NC2(C#N)CCCC2)ccc1C. The van der Waals surface area contributed by atoms with Crippen molar-refractivity contribution in [2.45, 2.75) is 44.6 Å². The van der Waals surface area contributed by atoms with Gasteiger partial charge in [-0.2, -0.15) is 5.26 Å². The lowest BCUT2D eigenvalue weighted by Crippen LogP contribution is -2.45. The summed E-state index contributed by atoms with van der Waals surface area (Å²) in [6.45, 7) is 1.96. The van der Waals surface area contributed by atoms with E-state index in [-0.39, 0.29) is 12.3 Å². The molecule has 20 heavy (non-hydrogen) atoms. The predicted octanol–water partition coefficient (Wildman–Crippen LogP) is 2.50. The number of ether oxygens (including phenoxy) is 1. The Bertz CT molecular complexity index is 540. The molecule has 1 fully saturated rings. The summed E-state index contributed by atoms with van der Waals surface area (Å²) in [7, 11) is 1.62. The molecular weight excluding hydrogens is 252 g/mol. The topological polar surface area (TPSA) is 62.1 Å². The summed E-state index contributed by atoms with van der Waals surface area (Å²) in [4.78, 5) is 12.1. The first-order valence-electron chi connectivity index (χ1n) is 6.94. The number of nitrogens with one attached hydrogen (secondary N) is 1. The first-order chi connectivity index (χ1) is 9.58. The van der Waals surface area contributed by atoms with Gasteiger partial charge in [0, 0.05) is 0 Å². The van der Waals surface area contributed by atoms with Gasteiger partial charge in [-0.1, -0.05) is 12.1 Å². The zero-order valence-electron chi connectivity index (χ0n) is 12.0. The highest BCUT2D eigenvalue weighted by atomic mass is 16.5. The molecule has 0 unspecified atom stereocenters. The van der Waals surface area contributed by atoms with Gasteiger partial charge in [0.05, 0.1) is 19.6 Å². The molecule has 1 saturated carbocycles. The summed E-state index contributed by atoms with van der Waals surface area (Å²) in [6, 6.07) is 8.01. The minimum absolute atomic E-state index is 0.0978. The molecule has 1 aromatic carbocycles. The molecule has 1 aliphatic rings. The van der Waals surface area contributed by atoms with Crippen molar-refractivity contribution in [2.75, 3.05) is 7.11 Å². The van der Waals surface area contributed by atoms with Crippen molar-refractivity contribution < 1.29 is 9.53 Å². The van der Waals surface area contributed by atoms with E-state index < -0.39 is 5.54 Å². The molecule has 0 spiro atoms. The summed E-state index contributed by atoms with van der Waals surface area (Å²) in [5.74, 6) is 0.686. The molecule has 1 aromatic rings. The van der Waals surface area contributed by atoms with Crippen LogP contribution in [-0.2, 0) is 11.2 Å². The Morgan fingerprint density at radius 3 is 2.75 bits per heavy atom. The van der Waals surface area contributed by atoms with Crippen molar-refractivity contribution >= 4 is 5.91 Å². The number of nitriles is 1. The number of hydrogen-bond donors (Lipinski definition) is 1. The van der Waals surface area contributed by atoms with Crippen LogP contribution < -0.4 is 10.1 Å². The maximum atomic E-state index is 12.1. The number of hydrogen-bond acceptors (Lipinski definition) is 3. The fraction of sp³-hybridized carbons (Fsp3) is 0.500. The molecule has 0 atom stereocenters. The fourth-order valence-electron chi connectivity index (χ4n) is 2.71. The average molecular weight is 272 g/mol. The third-order valence-electron chi connectivity index (χ3n) is 3.89. The number of carbonyl (C=O) groups excluding carboxylic acids is 1. The van der Waals surface area contributed by atoms with Gasteiger partial charge in [-0.25, -0.2) is 0 Å². The highest BCUT2D eigenvalue weighted by molar-refractivity contribution is 5.80. The van der Waals surface area contributed by atoms with Crippen LogP contribution in [0.5, 0.6) is 5.75 Å². The second-order valence-electron chi connectivity index (χ2n) is 5.43. The van der Waals surface area contributed by atoms with E-state index in [1.165, 1.54) is 0 Å². The van der Waals surface area contributed by atoms with Crippen LogP contribution in [0, 0.1) is 18.3 Å². The lowest BCUT2D eigenvalue weighted by molar-refractivity contribution is -0.121. The Hall–Kier alpha value is -2.02. The highest BCUT2D eigenvalue weighted by Gasteiger charge is 2.35. The molecule has 0 radical (unpaired) electrons. The lowest BCUT2D eigenvalue weighted by Gasteiger charge is -2.22. The van der Waals surface area contributed by atoms with Gasteiger partial charge < -0.3 is 10.1 Å². The van der Waals surface area contributed by atoms with Crippen molar-refractivity contribution in [3.05, 3.63) is 29.3 Å². The maximum absolute atomic E-state index is 12.1. The van der Waals surface area contributed by atoms with Crippen LogP contribution in [0.2, 0.25) is 0 Å². The van der Waals surface area contributed by atoms with Crippen LogP contribution in [0.1, 0.15) is 36.8 Å². The highest BCUT2D eigenvalue weighted by Crippen LogP contribution is 2.29. The van der Waals surface area contributed by atoms with E-state index in [0.717, 1.165) is 42.6 Å². The number of carbonyl (C=O) groups is 1. The smallest absolute Gasteiger partial charge is 0.225 e. The Labute approximate surface area is 119 Å². The van der Waals surface area contributed by atoms with Crippen molar-refractivity contribution in [3.8, 4) is 11.8 Å². The van der Waals surface area contributed by atoms with E-state index in [1.807, 2.05) is 25.1 Å². The van der Waals surface area contributed by atoms with Gasteiger partial charge in [-0.3, -0.25) is 4.79 Å². The van der Waals surface area contributed by atoms with Gasteiger partial charge in [-0.15, -0.1) is 0 Å². The number of rotatable bonds is 4. The lowest BCUT2D eigenvalue weighted by atomic mass is 9.99. The van der Waals surface area contributed by atoms with E-state index in [0.29, 0.717) is 0 Å². The largest absolute Gasteiger partial charge is 0.496 e. The summed E-state index contributed by atoms with van der Waals surface area (Å²) >= 11 is 0. The van der Waals surface area contributed by atoms with Gasteiger partial charge in [0.2, 0.25) is 5.91 Å². The number of benzene rings is 1. The second kappa shape index (κ2) is 5.96. The van der Waals surface area contributed by atoms with Crippen LogP contribution in [0.15, 0.2) is 18.2 Å². The van der Waals surface area contributed by atoms with Gasteiger partial charge in [0.25, 0.3) is 0 Å². The van der Waals surface area contributed by atoms with Crippen molar-refractivity contribution in [1.29, 1.82) is 5.26 Å². The quantitative estimate of drug-likeness (QED) is 0.916. The molecule has 1 aliphatic carbocycles. The Morgan fingerprint density at radius 1 is 1.45 bits per heavy atom. The van der Waals surface area contributed by atoms with E-state index in [4.69, 9.17) is 4.74 Å². The number of nitrogens with zero attached hydrogens (tertiary/aromatic N) is 1. The van der Waals surface area contributed by atoms with Crippen LogP contribution in [0.4, 0.5) is 0 Å². The third-order valence-corrected chi connectivity index (χ3v) is 3.89. The van der Waals surface area contributed by atoms with Crippen LogP contribution >= 0.6 is 0 Å².